The second-order valence-corrected chi connectivity index (χ2v) is 3.08. The van der Waals surface area contributed by atoms with Gasteiger partial charge in [-0.15, -0.1) is 0 Å². The smallest absolute Gasteiger partial charge is 0.0698 e. The van der Waals surface area contributed by atoms with Gasteiger partial charge in [-0.1, -0.05) is 0 Å². The predicted octanol–water partition coefficient (Wildman–Crippen LogP) is -0.143. The van der Waals surface area contributed by atoms with Crippen LogP contribution in [0.25, 0.3) is 0 Å². The highest BCUT2D eigenvalue weighted by molar-refractivity contribution is 4.72. The van der Waals surface area contributed by atoms with Crippen molar-refractivity contribution in [1.29, 1.82) is 5.26 Å². The van der Waals surface area contributed by atoms with Gasteiger partial charge in [0.2, 0.25) is 0 Å². The lowest BCUT2D eigenvalue weighted by molar-refractivity contribution is 0.0665. The molecule has 0 heterocycles. The molecular weight excluding hydrogens is 196 g/mol. The minimum Gasteiger partial charge on any atom is -0.394 e. The lowest BCUT2D eigenvalue weighted by atomic mass is 10.4. The van der Waals surface area contributed by atoms with E-state index in [1.807, 2.05) is 0 Å². The van der Waals surface area contributed by atoms with Crippen molar-refractivity contribution in [3.05, 3.63) is 0 Å². The maximum atomic E-state index is 8.51. The van der Waals surface area contributed by atoms with E-state index in [2.05, 4.69) is 11.0 Å². The predicted molar refractivity (Wildman–Crippen MR) is 56.5 cm³/mol. The van der Waals surface area contributed by atoms with Gasteiger partial charge in [-0.3, -0.25) is 4.90 Å². The van der Waals surface area contributed by atoms with E-state index in [0.717, 1.165) is 19.6 Å². The van der Waals surface area contributed by atoms with E-state index in [1.54, 1.807) is 7.11 Å². The number of rotatable bonds is 10. The Labute approximate surface area is 91.2 Å². The van der Waals surface area contributed by atoms with Crippen LogP contribution in [0.1, 0.15) is 6.42 Å². The zero-order valence-corrected chi connectivity index (χ0v) is 9.31. The molecule has 0 aliphatic rings. The molecule has 0 aromatic carbocycles. The second-order valence-electron chi connectivity index (χ2n) is 3.08. The maximum absolute atomic E-state index is 8.51. The molecule has 0 atom stereocenters. The summed E-state index contributed by atoms with van der Waals surface area (Å²) >= 11 is 0. The van der Waals surface area contributed by atoms with Crippen molar-refractivity contribution in [2.24, 2.45) is 0 Å². The molecule has 0 amide bonds. The number of nitriles is 1. The number of methoxy groups -OCH3 is 1. The fraction of sp³-hybridized carbons (Fsp3) is 0.900. The summed E-state index contributed by atoms with van der Waals surface area (Å²) < 4.78 is 10.1. The first kappa shape index (κ1) is 14.3. The van der Waals surface area contributed by atoms with Crippen LogP contribution in [0.3, 0.4) is 0 Å². The van der Waals surface area contributed by atoms with Crippen molar-refractivity contribution in [2.75, 3.05) is 53.2 Å². The Morgan fingerprint density at radius 1 is 1.20 bits per heavy atom. The van der Waals surface area contributed by atoms with Gasteiger partial charge in [-0.05, 0) is 0 Å². The average Bonchev–Trinajstić information content (AvgIpc) is 2.27. The minimum atomic E-state index is 0.0519. The third-order valence-electron chi connectivity index (χ3n) is 1.94. The number of ether oxygens (including phenoxy) is 2. The van der Waals surface area contributed by atoms with Gasteiger partial charge >= 0.3 is 0 Å². The number of nitrogens with zero attached hydrogens (tertiary/aromatic N) is 2. The van der Waals surface area contributed by atoms with Gasteiger partial charge in [0.1, 0.15) is 0 Å². The zero-order valence-electron chi connectivity index (χ0n) is 9.31. The summed E-state index contributed by atoms with van der Waals surface area (Å²) in [6, 6.07) is 2.11. The highest BCUT2D eigenvalue weighted by Crippen LogP contribution is 1.92. The fourth-order valence-corrected chi connectivity index (χ4v) is 1.12. The van der Waals surface area contributed by atoms with E-state index in [0.29, 0.717) is 26.2 Å². The van der Waals surface area contributed by atoms with E-state index in [4.69, 9.17) is 19.8 Å². The first-order valence-corrected chi connectivity index (χ1v) is 5.12. The van der Waals surface area contributed by atoms with Crippen LogP contribution in [0.5, 0.6) is 0 Å². The van der Waals surface area contributed by atoms with Gasteiger partial charge in [0.05, 0.1) is 32.5 Å². The molecule has 0 radical (unpaired) electrons. The summed E-state index contributed by atoms with van der Waals surface area (Å²) in [6.45, 7) is 3.97. The molecule has 0 bridgehead atoms. The molecule has 88 valence electrons. The molecule has 0 aliphatic carbocycles. The molecule has 5 nitrogen and oxygen atoms in total. The first-order chi connectivity index (χ1) is 7.35. The minimum absolute atomic E-state index is 0.0519. The first-order valence-electron chi connectivity index (χ1n) is 5.12. The standard InChI is InChI=1S/C10H20N2O3/c1-14-8-5-12(4-2-3-11)6-9-15-10-7-13/h13H,2,4-10H2,1H3. The van der Waals surface area contributed by atoms with Crippen LogP contribution in [0.4, 0.5) is 0 Å². The van der Waals surface area contributed by atoms with Gasteiger partial charge in [-0.25, -0.2) is 0 Å². The second kappa shape index (κ2) is 11.4. The molecule has 1 N–H and O–H groups in total. The fourth-order valence-electron chi connectivity index (χ4n) is 1.12. The van der Waals surface area contributed by atoms with E-state index in [1.165, 1.54) is 0 Å². The third kappa shape index (κ3) is 9.63. The summed E-state index contributed by atoms with van der Waals surface area (Å²) in [6.07, 6.45) is 0.518. The Kier molecular flexibility index (Phi) is 10.9. The lowest BCUT2D eigenvalue weighted by Gasteiger charge is -2.20. The van der Waals surface area contributed by atoms with Crippen molar-refractivity contribution >= 4 is 0 Å². The number of hydrogen-bond acceptors (Lipinski definition) is 5. The van der Waals surface area contributed by atoms with E-state index in [9.17, 15) is 0 Å². The van der Waals surface area contributed by atoms with E-state index < -0.39 is 0 Å². The third-order valence-corrected chi connectivity index (χ3v) is 1.94. The highest BCUT2D eigenvalue weighted by Gasteiger charge is 2.03. The molecule has 0 fully saturated rings. The average molecular weight is 216 g/mol. The van der Waals surface area contributed by atoms with Crippen LogP contribution in [0.2, 0.25) is 0 Å². The Morgan fingerprint density at radius 3 is 2.53 bits per heavy atom. The zero-order chi connectivity index (χ0) is 11.4. The largest absolute Gasteiger partial charge is 0.394 e. The van der Waals surface area contributed by atoms with Gasteiger partial charge in [-0.2, -0.15) is 5.26 Å². The summed E-state index contributed by atoms with van der Waals surface area (Å²) in [5, 5.41) is 17.0. The van der Waals surface area contributed by atoms with Gasteiger partial charge in [0, 0.05) is 33.2 Å². The molecule has 0 rings (SSSR count). The molecule has 0 aromatic heterocycles. The normalized spacial score (nSPS) is 10.5. The molecule has 0 saturated carbocycles. The van der Waals surface area contributed by atoms with Crippen LogP contribution < -0.4 is 0 Å². The topological polar surface area (TPSA) is 65.7 Å². The summed E-state index contributed by atoms with van der Waals surface area (Å²) in [4.78, 5) is 2.12. The van der Waals surface area contributed by atoms with Crippen molar-refractivity contribution in [2.45, 2.75) is 6.42 Å². The van der Waals surface area contributed by atoms with Crippen LogP contribution in [0.15, 0.2) is 0 Å². The molecule has 5 heteroatoms. The lowest BCUT2D eigenvalue weighted by Crippen LogP contribution is -2.32. The number of aliphatic hydroxyl groups is 1. The Balaban J connectivity index is 3.55. The van der Waals surface area contributed by atoms with Gasteiger partial charge < -0.3 is 14.6 Å². The van der Waals surface area contributed by atoms with Crippen molar-refractivity contribution in [3.63, 3.8) is 0 Å². The summed E-state index contributed by atoms with van der Waals surface area (Å²) in [5.41, 5.74) is 0. The van der Waals surface area contributed by atoms with Gasteiger partial charge in [0.15, 0.2) is 0 Å². The number of hydrogen-bond donors (Lipinski definition) is 1. The monoisotopic (exact) mass is 216 g/mol. The molecule has 15 heavy (non-hydrogen) atoms. The van der Waals surface area contributed by atoms with Crippen molar-refractivity contribution < 1.29 is 14.6 Å². The van der Waals surface area contributed by atoms with Crippen LogP contribution in [-0.2, 0) is 9.47 Å². The molecule has 0 spiro atoms. The highest BCUT2D eigenvalue weighted by atomic mass is 16.5. The van der Waals surface area contributed by atoms with Gasteiger partial charge in [0.25, 0.3) is 0 Å². The SMILES string of the molecule is COCCN(CCC#N)CCOCCO. The molecule has 0 unspecified atom stereocenters. The van der Waals surface area contributed by atoms with Crippen molar-refractivity contribution in [3.8, 4) is 6.07 Å². The molecule has 0 aliphatic heterocycles. The van der Waals surface area contributed by atoms with E-state index in [-0.39, 0.29) is 6.61 Å². The van der Waals surface area contributed by atoms with Crippen LogP contribution in [0, 0.1) is 11.3 Å². The van der Waals surface area contributed by atoms with E-state index >= 15 is 0 Å². The summed E-state index contributed by atoms with van der Waals surface area (Å²) in [5.74, 6) is 0. The molecular formula is C10H20N2O3. The van der Waals surface area contributed by atoms with Crippen LogP contribution >= 0.6 is 0 Å². The van der Waals surface area contributed by atoms with Crippen LogP contribution in [-0.4, -0.2) is 63.2 Å². The van der Waals surface area contributed by atoms with Crippen molar-refractivity contribution in [1.82, 2.24) is 4.90 Å². The molecule has 0 aromatic rings. The Bertz CT molecular complexity index is 171. The molecule has 0 saturated heterocycles. The quantitative estimate of drug-likeness (QED) is 0.515. The number of aliphatic hydroxyl groups excluding tert-OH is 1. The Morgan fingerprint density at radius 2 is 1.93 bits per heavy atom. The summed E-state index contributed by atoms with van der Waals surface area (Å²) in [7, 11) is 1.66. The maximum Gasteiger partial charge on any atom is 0.0698 e. The Hall–Kier alpha value is -0.670.